The lowest BCUT2D eigenvalue weighted by atomic mass is 9.98. The van der Waals surface area contributed by atoms with E-state index in [0.717, 1.165) is 19.3 Å². The van der Waals surface area contributed by atoms with Gasteiger partial charge in [-0.3, -0.25) is 4.79 Å². The van der Waals surface area contributed by atoms with Crippen LogP contribution >= 0.6 is 0 Å². The van der Waals surface area contributed by atoms with Gasteiger partial charge in [-0.05, 0) is 64.3 Å². The highest BCUT2D eigenvalue weighted by atomic mass is 16.7. The molecule has 0 saturated carbocycles. The molecule has 1 aromatic rings. The van der Waals surface area contributed by atoms with Crippen molar-refractivity contribution in [2.75, 3.05) is 0 Å². The van der Waals surface area contributed by atoms with Crippen molar-refractivity contribution in [3.8, 4) is 5.75 Å². The van der Waals surface area contributed by atoms with E-state index in [4.69, 9.17) is 9.57 Å². The first-order valence-corrected chi connectivity index (χ1v) is 7.81. The Labute approximate surface area is 136 Å². The van der Waals surface area contributed by atoms with Crippen LogP contribution < -0.4 is 10.2 Å². The highest BCUT2D eigenvalue weighted by Crippen LogP contribution is 2.20. The molecule has 1 aliphatic rings. The summed E-state index contributed by atoms with van der Waals surface area (Å²) in [6, 6.07) is 6.83. The third kappa shape index (κ3) is 5.13. The predicted octanol–water partition coefficient (Wildman–Crippen LogP) is 3.41. The Kier molecular flexibility index (Phi) is 5.42. The fourth-order valence-corrected chi connectivity index (χ4v) is 2.07. The number of benzene rings is 1. The van der Waals surface area contributed by atoms with Crippen LogP contribution in [0.1, 0.15) is 50.4 Å². The van der Waals surface area contributed by atoms with Crippen LogP contribution in [0.15, 0.2) is 36.4 Å². The second-order valence-electron chi connectivity index (χ2n) is 6.61. The number of rotatable bonds is 3. The van der Waals surface area contributed by atoms with Crippen LogP contribution in [0, 0.1) is 5.41 Å². The van der Waals surface area contributed by atoms with Gasteiger partial charge in [-0.1, -0.05) is 12.1 Å². The molecular weight excluding hydrogens is 294 g/mol. The highest BCUT2D eigenvalue weighted by Gasteiger charge is 2.24. The average Bonchev–Trinajstić information content (AvgIpc) is 2.52. The second-order valence-corrected chi connectivity index (χ2v) is 6.61. The zero-order chi connectivity index (χ0) is 16.9. The Morgan fingerprint density at radius 2 is 2.04 bits per heavy atom. The Balaban J connectivity index is 1.95. The quantitative estimate of drug-likeness (QED) is 0.685. The molecule has 0 aromatic heterocycles. The largest absolute Gasteiger partial charge is 0.486 e. The maximum Gasteiger partial charge on any atom is 0.337 e. The molecule has 124 valence electrons. The molecule has 1 aromatic carbocycles. The van der Waals surface area contributed by atoms with E-state index in [1.165, 1.54) is 0 Å². The van der Waals surface area contributed by atoms with Gasteiger partial charge in [-0.15, -0.1) is 0 Å². The number of ether oxygens (including phenoxy) is 1. The lowest BCUT2D eigenvalue weighted by Gasteiger charge is -2.19. The van der Waals surface area contributed by atoms with Gasteiger partial charge in [0.05, 0.1) is 5.41 Å². The summed E-state index contributed by atoms with van der Waals surface area (Å²) in [6.45, 7) is 5.15. The van der Waals surface area contributed by atoms with Gasteiger partial charge in [0.15, 0.2) is 0 Å². The summed E-state index contributed by atoms with van der Waals surface area (Å²) in [7, 11) is 0. The van der Waals surface area contributed by atoms with Gasteiger partial charge in [0.2, 0.25) is 0 Å². The number of carbonyl (C=O) groups is 2. The average molecular weight is 317 g/mol. The number of allylic oxidation sites excluding steroid dienone is 1. The minimum absolute atomic E-state index is 0.0424. The lowest BCUT2D eigenvalue weighted by Crippen LogP contribution is -2.33. The van der Waals surface area contributed by atoms with E-state index in [0.29, 0.717) is 11.3 Å². The third-order valence-corrected chi connectivity index (χ3v) is 3.44. The van der Waals surface area contributed by atoms with Crippen molar-refractivity contribution in [1.29, 1.82) is 0 Å². The van der Waals surface area contributed by atoms with E-state index in [9.17, 15) is 9.59 Å². The van der Waals surface area contributed by atoms with Crippen LogP contribution in [0.4, 0.5) is 0 Å². The molecule has 5 heteroatoms. The zero-order valence-electron chi connectivity index (χ0n) is 13.8. The first-order chi connectivity index (χ1) is 10.9. The summed E-state index contributed by atoms with van der Waals surface area (Å²) in [5.41, 5.74) is 1.88. The molecule has 1 aliphatic carbocycles. The summed E-state index contributed by atoms with van der Waals surface area (Å²) >= 11 is 0. The summed E-state index contributed by atoms with van der Waals surface area (Å²) in [4.78, 5) is 28.5. The van der Waals surface area contributed by atoms with Crippen LogP contribution in [0.3, 0.4) is 0 Å². The number of hydroxylamine groups is 1. The molecule has 23 heavy (non-hydrogen) atoms. The summed E-state index contributed by atoms with van der Waals surface area (Å²) < 4.78 is 5.85. The van der Waals surface area contributed by atoms with Crippen molar-refractivity contribution in [2.24, 2.45) is 5.41 Å². The maximum atomic E-state index is 12.1. The van der Waals surface area contributed by atoms with E-state index in [2.05, 4.69) is 11.6 Å². The Morgan fingerprint density at radius 1 is 1.26 bits per heavy atom. The lowest BCUT2D eigenvalue weighted by molar-refractivity contribution is -0.158. The molecule has 2 rings (SSSR count). The minimum atomic E-state index is -0.675. The van der Waals surface area contributed by atoms with Gasteiger partial charge in [0.1, 0.15) is 11.9 Å². The van der Waals surface area contributed by atoms with Gasteiger partial charge >= 0.3 is 5.97 Å². The smallest absolute Gasteiger partial charge is 0.337 e. The minimum Gasteiger partial charge on any atom is -0.486 e. The maximum absolute atomic E-state index is 12.1. The molecule has 0 bridgehead atoms. The van der Waals surface area contributed by atoms with Crippen LogP contribution in [0.25, 0.3) is 0 Å². The first kappa shape index (κ1) is 17.1. The van der Waals surface area contributed by atoms with Crippen LogP contribution in [-0.2, 0) is 9.63 Å². The molecule has 1 N–H and O–H groups in total. The van der Waals surface area contributed by atoms with E-state index in [-0.39, 0.29) is 6.10 Å². The number of amides is 1. The molecule has 5 nitrogen and oxygen atoms in total. The van der Waals surface area contributed by atoms with Gasteiger partial charge in [-0.2, -0.15) is 5.48 Å². The van der Waals surface area contributed by atoms with Crippen molar-refractivity contribution >= 4 is 11.9 Å². The Morgan fingerprint density at radius 3 is 2.70 bits per heavy atom. The molecule has 0 aliphatic heterocycles. The molecule has 0 heterocycles. The van der Waals surface area contributed by atoms with Gasteiger partial charge in [0, 0.05) is 5.56 Å². The van der Waals surface area contributed by atoms with Crippen LogP contribution in [0.5, 0.6) is 5.75 Å². The molecule has 0 spiro atoms. The van der Waals surface area contributed by atoms with E-state index in [1.54, 1.807) is 45.0 Å². The van der Waals surface area contributed by atoms with E-state index in [1.807, 2.05) is 6.08 Å². The van der Waals surface area contributed by atoms with Crippen molar-refractivity contribution in [2.45, 2.75) is 46.1 Å². The van der Waals surface area contributed by atoms with Crippen molar-refractivity contribution in [3.05, 3.63) is 42.0 Å². The number of nitrogens with one attached hydrogen (secondary N) is 1. The normalized spacial score (nSPS) is 17.4. The fraction of sp³-hybridized carbons (Fsp3) is 0.444. The van der Waals surface area contributed by atoms with Crippen molar-refractivity contribution in [1.82, 2.24) is 5.48 Å². The topological polar surface area (TPSA) is 64.6 Å². The zero-order valence-corrected chi connectivity index (χ0v) is 13.8. The Hall–Kier alpha value is -2.30. The van der Waals surface area contributed by atoms with E-state index >= 15 is 0 Å². The molecule has 1 unspecified atom stereocenters. The summed E-state index contributed by atoms with van der Waals surface area (Å²) in [5, 5.41) is 0. The van der Waals surface area contributed by atoms with Crippen molar-refractivity contribution < 1.29 is 19.2 Å². The Bertz CT molecular complexity index is 601. The van der Waals surface area contributed by atoms with Gasteiger partial charge < -0.3 is 9.57 Å². The number of carbonyl (C=O) groups excluding carboxylic acids is 2. The number of hydrogen-bond acceptors (Lipinski definition) is 4. The van der Waals surface area contributed by atoms with E-state index < -0.39 is 17.3 Å². The SMILES string of the molecule is CC(C)(C)C(=O)ONC(=O)c1cccc(OC2C=CCCC2)c1. The van der Waals surface area contributed by atoms with Gasteiger partial charge in [0.25, 0.3) is 5.91 Å². The highest BCUT2D eigenvalue weighted by molar-refractivity contribution is 5.94. The second kappa shape index (κ2) is 7.31. The molecule has 0 fully saturated rings. The van der Waals surface area contributed by atoms with Crippen LogP contribution in [0.2, 0.25) is 0 Å². The van der Waals surface area contributed by atoms with Crippen LogP contribution in [-0.4, -0.2) is 18.0 Å². The summed E-state index contributed by atoms with van der Waals surface area (Å²) in [6.07, 6.45) is 7.35. The molecule has 0 saturated heterocycles. The van der Waals surface area contributed by atoms with Gasteiger partial charge in [-0.25, -0.2) is 4.79 Å². The number of hydrogen-bond donors (Lipinski definition) is 1. The standard InChI is InChI=1S/C18H23NO4/c1-18(2,3)17(21)23-19-16(20)13-8-7-11-15(12-13)22-14-9-5-4-6-10-14/h5,7-9,11-12,14H,4,6,10H2,1-3H3,(H,19,20). The first-order valence-electron chi connectivity index (χ1n) is 7.81. The van der Waals surface area contributed by atoms with Crippen molar-refractivity contribution in [3.63, 3.8) is 0 Å². The molecule has 0 radical (unpaired) electrons. The molecule has 1 amide bonds. The third-order valence-electron chi connectivity index (χ3n) is 3.44. The molecular formula is C18H23NO4. The fourth-order valence-electron chi connectivity index (χ4n) is 2.07. The monoisotopic (exact) mass is 317 g/mol. The molecule has 1 atom stereocenters. The predicted molar refractivity (Wildman–Crippen MR) is 86.9 cm³/mol. The summed E-state index contributed by atoms with van der Waals surface area (Å²) in [5.74, 6) is -0.353.